The van der Waals surface area contributed by atoms with Gasteiger partial charge in [0.2, 0.25) is 0 Å². The molecule has 0 aliphatic heterocycles. The van der Waals surface area contributed by atoms with Crippen LogP contribution in [0.1, 0.15) is 30.5 Å². The molecule has 65 heavy (non-hydrogen) atoms. The highest BCUT2D eigenvalue weighted by Crippen LogP contribution is 2.51. The van der Waals surface area contributed by atoms with Gasteiger partial charge in [-0.15, -0.1) is 0 Å². The van der Waals surface area contributed by atoms with Gasteiger partial charge in [-0.1, -0.05) is 166 Å². The van der Waals surface area contributed by atoms with Crippen molar-refractivity contribution in [2.24, 2.45) is 0 Å². The van der Waals surface area contributed by atoms with E-state index in [2.05, 4.69) is 278 Å². The molecule has 312 valence electrons. The molecule has 0 radical (unpaired) electrons. The smallest absolute Gasteiger partial charge is 0.0540 e. The second kappa shape index (κ2) is 16.5. The van der Waals surface area contributed by atoms with E-state index in [1.54, 1.807) is 0 Å². The summed E-state index contributed by atoms with van der Waals surface area (Å²) in [6.45, 7) is 6.96. The Bertz CT molecular complexity index is 3100. The van der Waals surface area contributed by atoms with Crippen LogP contribution in [0.5, 0.6) is 0 Å². The van der Waals surface area contributed by atoms with Crippen LogP contribution < -0.4 is 14.7 Å². The van der Waals surface area contributed by atoms with Crippen LogP contribution in [0.2, 0.25) is 0 Å². The van der Waals surface area contributed by atoms with E-state index >= 15 is 0 Å². The van der Waals surface area contributed by atoms with Gasteiger partial charge in [0.15, 0.2) is 0 Å². The number of benzene rings is 10. The van der Waals surface area contributed by atoms with E-state index in [9.17, 15) is 0 Å². The number of rotatable bonds is 10. The molecular formula is C62H49N3. The van der Waals surface area contributed by atoms with Crippen molar-refractivity contribution < 1.29 is 0 Å². The van der Waals surface area contributed by atoms with Crippen LogP contribution in [0, 0.1) is 6.92 Å². The first-order valence-corrected chi connectivity index (χ1v) is 22.5. The molecule has 0 atom stereocenters. The van der Waals surface area contributed by atoms with Gasteiger partial charge >= 0.3 is 0 Å². The summed E-state index contributed by atoms with van der Waals surface area (Å²) >= 11 is 0. The van der Waals surface area contributed by atoms with Crippen molar-refractivity contribution in [2.45, 2.75) is 26.2 Å². The highest BCUT2D eigenvalue weighted by molar-refractivity contribution is 6.00. The third kappa shape index (κ3) is 7.22. The molecule has 0 aromatic heterocycles. The zero-order valence-electron chi connectivity index (χ0n) is 36.9. The van der Waals surface area contributed by atoms with E-state index in [1.807, 2.05) is 0 Å². The normalized spacial score (nSPS) is 12.4. The lowest BCUT2D eigenvalue weighted by molar-refractivity contribution is 0.660. The summed E-state index contributed by atoms with van der Waals surface area (Å²) in [7, 11) is 0. The van der Waals surface area contributed by atoms with Crippen LogP contribution in [-0.2, 0) is 5.41 Å². The molecule has 0 saturated heterocycles. The van der Waals surface area contributed by atoms with Gasteiger partial charge in [0.25, 0.3) is 0 Å². The maximum atomic E-state index is 2.44. The van der Waals surface area contributed by atoms with E-state index in [0.717, 1.165) is 51.2 Å². The first-order valence-electron chi connectivity index (χ1n) is 22.5. The number of hydrogen-bond acceptors (Lipinski definition) is 3. The van der Waals surface area contributed by atoms with Crippen LogP contribution in [0.3, 0.4) is 0 Å². The van der Waals surface area contributed by atoms with Gasteiger partial charge in [-0.3, -0.25) is 0 Å². The Morgan fingerprint density at radius 3 is 1.32 bits per heavy atom. The molecule has 11 rings (SSSR count). The van der Waals surface area contributed by atoms with Gasteiger partial charge in [0.1, 0.15) is 0 Å². The minimum absolute atomic E-state index is 0.0821. The van der Waals surface area contributed by atoms with Gasteiger partial charge in [-0.2, -0.15) is 0 Å². The zero-order chi connectivity index (χ0) is 43.9. The number of hydrogen-bond donors (Lipinski definition) is 0. The average molecular weight is 836 g/mol. The Morgan fingerprint density at radius 1 is 0.323 bits per heavy atom. The van der Waals surface area contributed by atoms with E-state index in [0.29, 0.717) is 0 Å². The van der Waals surface area contributed by atoms with Crippen molar-refractivity contribution in [3.63, 3.8) is 0 Å². The fourth-order valence-corrected chi connectivity index (χ4v) is 9.95. The van der Waals surface area contributed by atoms with Crippen molar-refractivity contribution in [1.29, 1.82) is 0 Å². The quantitative estimate of drug-likeness (QED) is 0.136. The van der Waals surface area contributed by atoms with E-state index in [1.165, 1.54) is 49.7 Å². The fraction of sp³-hybridized carbons (Fsp3) is 0.0645. The number of fused-ring (bicyclic) bond motifs is 4. The van der Waals surface area contributed by atoms with Crippen LogP contribution >= 0.6 is 0 Å². The number of anilines is 9. The zero-order valence-corrected chi connectivity index (χ0v) is 36.9. The molecule has 1 aliphatic rings. The van der Waals surface area contributed by atoms with Crippen molar-refractivity contribution in [3.05, 3.63) is 259 Å². The molecule has 3 nitrogen and oxygen atoms in total. The summed E-state index contributed by atoms with van der Waals surface area (Å²) in [5.41, 5.74) is 18.7. The third-order valence-corrected chi connectivity index (χ3v) is 13.1. The molecule has 3 heteroatoms. The molecule has 10 aromatic carbocycles. The largest absolute Gasteiger partial charge is 0.310 e. The molecule has 10 aromatic rings. The molecule has 0 amide bonds. The molecule has 0 heterocycles. The van der Waals surface area contributed by atoms with E-state index in [-0.39, 0.29) is 5.41 Å². The molecule has 1 aliphatic carbocycles. The summed E-state index contributed by atoms with van der Waals surface area (Å²) in [4.78, 5) is 7.16. The maximum Gasteiger partial charge on any atom is 0.0540 e. The Hall–Kier alpha value is -8.14. The van der Waals surface area contributed by atoms with Gasteiger partial charge in [0.05, 0.1) is 22.7 Å². The third-order valence-electron chi connectivity index (χ3n) is 13.1. The molecular weight excluding hydrogens is 787 g/mol. The first kappa shape index (κ1) is 39.7. The minimum Gasteiger partial charge on any atom is -0.310 e. The predicted octanol–water partition coefficient (Wildman–Crippen LogP) is 17.5. The van der Waals surface area contributed by atoms with Crippen molar-refractivity contribution in [2.75, 3.05) is 14.7 Å². The lowest BCUT2D eigenvalue weighted by atomic mass is 9.81. The van der Waals surface area contributed by atoms with E-state index in [4.69, 9.17) is 0 Å². The number of nitrogens with zero attached hydrogens (tertiary/aromatic N) is 3. The summed E-state index contributed by atoms with van der Waals surface area (Å²) in [5.74, 6) is 0. The lowest BCUT2D eigenvalue weighted by Gasteiger charge is -2.33. The highest BCUT2D eigenvalue weighted by Gasteiger charge is 2.36. The SMILES string of the molecule is Cc1cccc2c1-c1ccc(-c3ccc(N(c4cc(N(c5ccccc5)c5ccccc5)cc(N(c5ccccc5)c5ccccc5)c4)c4cccc5ccccc45)cc3)cc1C2(C)C. The second-order valence-corrected chi connectivity index (χ2v) is 17.5. The average Bonchev–Trinajstić information content (AvgIpc) is 3.59. The summed E-state index contributed by atoms with van der Waals surface area (Å²) < 4.78 is 0. The first-order chi connectivity index (χ1) is 31.9. The Balaban J connectivity index is 1.13. The highest BCUT2D eigenvalue weighted by atomic mass is 15.2. The molecule has 0 bridgehead atoms. The van der Waals surface area contributed by atoms with Crippen molar-refractivity contribution in [3.8, 4) is 22.3 Å². The summed E-state index contributed by atoms with van der Waals surface area (Å²) in [6.07, 6.45) is 0. The predicted molar refractivity (Wildman–Crippen MR) is 276 cm³/mol. The Kier molecular flexibility index (Phi) is 10.1. The van der Waals surface area contributed by atoms with Crippen LogP contribution in [-0.4, -0.2) is 0 Å². The lowest BCUT2D eigenvalue weighted by Crippen LogP contribution is -2.16. The van der Waals surface area contributed by atoms with Crippen LogP contribution in [0.15, 0.2) is 243 Å². The topological polar surface area (TPSA) is 9.72 Å². The van der Waals surface area contributed by atoms with Crippen molar-refractivity contribution >= 4 is 62.0 Å². The summed E-state index contributed by atoms with van der Waals surface area (Å²) in [5, 5.41) is 2.36. The van der Waals surface area contributed by atoms with Gasteiger partial charge in [0, 0.05) is 39.2 Å². The molecule has 0 unspecified atom stereocenters. The monoisotopic (exact) mass is 835 g/mol. The van der Waals surface area contributed by atoms with Gasteiger partial charge < -0.3 is 14.7 Å². The van der Waals surface area contributed by atoms with Gasteiger partial charge in [-0.25, -0.2) is 0 Å². The fourth-order valence-electron chi connectivity index (χ4n) is 9.95. The van der Waals surface area contributed by atoms with E-state index < -0.39 is 0 Å². The second-order valence-electron chi connectivity index (χ2n) is 17.5. The van der Waals surface area contributed by atoms with Crippen molar-refractivity contribution in [1.82, 2.24) is 0 Å². The molecule has 0 saturated carbocycles. The molecule has 0 N–H and O–H groups in total. The summed E-state index contributed by atoms with van der Waals surface area (Å²) in [6, 6.07) is 88.0. The van der Waals surface area contributed by atoms with Gasteiger partial charge in [-0.05, 0) is 142 Å². The number of aryl methyl sites for hydroxylation is 1. The van der Waals surface area contributed by atoms with Crippen LogP contribution in [0.4, 0.5) is 51.2 Å². The minimum atomic E-state index is -0.0821. The number of para-hydroxylation sites is 4. The maximum absolute atomic E-state index is 2.44. The Morgan fingerprint density at radius 2 is 0.769 bits per heavy atom. The molecule has 0 fully saturated rings. The Labute approximate surface area is 382 Å². The molecule has 0 spiro atoms. The van der Waals surface area contributed by atoms with Crippen LogP contribution in [0.25, 0.3) is 33.0 Å². The standard InChI is InChI=1S/C62H49N3/c1-44-20-18-32-58-61(44)57-39-36-47(40-59(57)62(58,2)3)45-34-37-52(38-35-45)65(60-33-19-22-46-21-16-17-31-56(46)60)55-42-53(63(48-23-8-4-9-24-48)49-25-10-5-11-26-49)41-54(43-55)64(50-27-12-6-13-28-50)51-29-14-7-15-30-51/h4-43H,1-3H3.